The zero-order chi connectivity index (χ0) is 18.6. The van der Waals surface area contributed by atoms with E-state index in [0.717, 1.165) is 49.1 Å². The topological polar surface area (TPSA) is 67.8 Å². The Morgan fingerprint density at radius 1 is 1.04 bits per heavy atom. The lowest BCUT2D eigenvalue weighted by molar-refractivity contribution is 0.354. The number of hydrogen-bond donors (Lipinski definition) is 2. The second kappa shape index (κ2) is 13.2. The predicted octanol–water partition coefficient (Wildman–Crippen LogP) is 3.06. The van der Waals surface area contributed by atoms with Crippen LogP contribution in [0.5, 0.6) is 11.5 Å². The van der Waals surface area contributed by atoms with Crippen molar-refractivity contribution in [2.75, 3.05) is 33.9 Å². The van der Waals surface area contributed by atoms with Crippen molar-refractivity contribution in [1.29, 1.82) is 0 Å². The third kappa shape index (κ3) is 8.03. The van der Waals surface area contributed by atoms with Gasteiger partial charge in [0, 0.05) is 37.9 Å². The molecule has 1 heterocycles. The van der Waals surface area contributed by atoms with E-state index >= 15 is 0 Å². The van der Waals surface area contributed by atoms with Crippen molar-refractivity contribution in [3.8, 4) is 11.5 Å². The Balaban J connectivity index is 0.00000364. The van der Waals surface area contributed by atoms with Crippen molar-refractivity contribution in [3.63, 3.8) is 0 Å². The summed E-state index contributed by atoms with van der Waals surface area (Å²) in [6.45, 7) is 4.36. The summed E-state index contributed by atoms with van der Waals surface area (Å²) in [7, 11) is 3.29. The van der Waals surface area contributed by atoms with Crippen LogP contribution in [-0.2, 0) is 12.8 Å². The molecule has 0 spiro atoms. The second-order valence-electron chi connectivity index (χ2n) is 5.70. The minimum atomic E-state index is 0. The van der Waals surface area contributed by atoms with Crippen LogP contribution >= 0.6 is 24.0 Å². The van der Waals surface area contributed by atoms with E-state index in [0.29, 0.717) is 6.54 Å². The fraction of sp³-hybridized carbons (Fsp3) is 0.400. The molecule has 0 radical (unpaired) electrons. The number of hydrogen-bond acceptors (Lipinski definition) is 4. The minimum absolute atomic E-state index is 0. The van der Waals surface area contributed by atoms with Crippen LogP contribution in [0.3, 0.4) is 0 Å². The van der Waals surface area contributed by atoms with E-state index in [4.69, 9.17) is 9.47 Å². The summed E-state index contributed by atoms with van der Waals surface area (Å²) in [5.74, 6) is 2.32. The smallest absolute Gasteiger partial charge is 0.191 e. The van der Waals surface area contributed by atoms with Crippen LogP contribution in [0.15, 0.2) is 47.6 Å². The van der Waals surface area contributed by atoms with Gasteiger partial charge < -0.3 is 20.1 Å². The molecule has 2 rings (SSSR count). The van der Waals surface area contributed by atoms with Gasteiger partial charge in [0.25, 0.3) is 0 Å². The summed E-state index contributed by atoms with van der Waals surface area (Å²) in [5.41, 5.74) is 2.23. The number of nitrogens with zero attached hydrogens (tertiary/aromatic N) is 2. The summed E-state index contributed by atoms with van der Waals surface area (Å²) >= 11 is 0. The first-order chi connectivity index (χ1) is 12.8. The number of guanidine groups is 1. The average molecular weight is 484 g/mol. The molecule has 0 saturated heterocycles. The van der Waals surface area contributed by atoms with Crippen LogP contribution in [-0.4, -0.2) is 44.8 Å². The maximum Gasteiger partial charge on any atom is 0.191 e. The Hall–Kier alpha value is -2.03. The van der Waals surface area contributed by atoms with Gasteiger partial charge in [-0.1, -0.05) is 12.1 Å². The van der Waals surface area contributed by atoms with E-state index in [1.165, 1.54) is 5.56 Å². The fourth-order valence-corrected chi connectivity index (χ4v) is 2.53. The molecule has 0 aliphatic heterocycles. The number of aliphatic imine (C=N–C) groups is 1. The molecule has 0 saturated carbocycles. The van der Waals surface area contributed by atoms with Gasteiger partial charge in [-0.25, -0.2) is 0 Å². The number of ether oxygens (including phenoxy) is 2. The molecule has 1 aromatic carbocycles. The molecule has 7 heteroatoms. The molecule has 6 nitrogen and oxygen atoms in total. The van der Waals surface area contributed by atoms with Gasteiger partial charge in [-0.15, -0.1) is 24.0 Å². The number of aromatic nitrogens is 1. The van der Waals surface area contributed by atoms with Gasteiger partial charge in [0.15, 0.2) is 17.5 Å². The summed E-state index contributed by atoms with van der Waals surface area (Å²) in [5, 5.41) is 6.64. The molecule has 2 aromatic rings. The number of pyridine rings is 1. The number of halogens is 1. The van der Waals surface area contributed by atoms with Crippen LogP contribution in [0.25, 0.3) is 0 Å². The SMILES string of the molecule is CCNC(=NCCc1ccccn1)NCCc1ccc(OC)c(OC)c1.I. The number of benzene rings is 1. The molecular weight excluding hydrogens is 455 g/mol. The first-order valence-corrected chi connectivity index (χ1v) is 8.89. The highest BCUT2D eigenvalue weighted by atomic mass is 127. The van der Waals surface area contributed by atoms with E-state index in [1.807, 2.05) is 42.6 Å². The van der Waals surface area contributed by atoms with Gasteiger partial charge in [-0.2, -0.15) is 0 Å². The molecule has 0 bridgehead atoms. The summed E-state index contributed by atoms with van der Waals surface area (Å²) in [4.78, 5) is 8.93. The molecule has 27 heavy (non-hydrogen) atoms. The highest BCUT2D eigenvalue weighted by molar-refractivity contribution is 14.0. The number of nitrogens with one attached hydrogen (secondary N) is 2. The predicted molar refractivity (Wildman–Crippen MR) is 121 cm³/mol. The van der Waals surface area contributed by atoms with Crippen LogP contribution in [0.4, 0.5) is 0 Å². The average Bonchev–Trinajstić information content (AvgIpc) is 2.68. The van der Waals surface area contributed by atoms with Crippen molar-refractivity contribution in [2.24, 2.45) is 4.99 Å². The molecule has 148 valence electrons. The van der Waals surface area contributed by atoms with Crippen molar-refractivity contribution in [1.82, 2.24) is 15.6 Å². The highest BCUT2D eigenvalue weighted by Crippen LogP contribution is 2.27. The van der Waals surface area contributed by atoms with Gasteiger partial charge in [0.1, 0.15) is 0 Å². The Kier molecular flexibility index (Phi) is 11.2. The molecular formula is C20H29IN4O2. The maximum absolute atomic E-state index is 5.35. The molecule has 0 unspecified atom stereocenters. The standard InChI is InChI=1S/C20H28N4O2.HI/c1-4-21-20(24-14-11-17-7-5-6-12-22-17)23-13-10-16-8-9-18(25-2)19(15-16)26-3;/h5-9,12,15H,4,10-11,13-14H2,1-3H3,(H2,21,23,24);1H. The Morgan fingerprint density at radius 3 is 2.52 bits per heavy atom. The first-order valence-electron chi connectivity index (χ1n) is 8.89. The van der Waals surface area contributed by atoms with Crippen LogP contribution < -0.4 is 20.1 Å². The maximum atomic E-state index is 5.35. The van der Waals surface area contributed by atoms with Gasteiger partial charge in [0.05, 0.1) is 14.2 Å². The molecule has 0 aliphatic rings. The fourth-order valence-electron chi connectivity index (χ4n) is 2.53. The van der Waals surface area contributed by atoms with E-state index in [-0.39, 0.29) is 24.0 Å². The quantitative estimate of drug-likeness (QED) is 0.326. The van der Waals surface area contributed by atoms with E-state index in [9.17, 15) is 0 Å². The first kappa shape index (κ1) is 23.0. The van der Waals surface area contributed by atoms with Crippen LogP contribution in [0.2, 0.25) is 0 Å². The largest absolute Gasteiger partial charge is 0.493 e. The minimum Gasteiger partial charge on any atom is -0.493 e. The molecule has 0 atom stereocenters. The summed E-state index contributed by atoms with van der Waals surface area (Å²) in [6, 6.07) is 11.9. The van der Waals surface area contributed by atoms with Crippen LogP contribution in [0, 0.1) is 0 Å². The van der Waals surface area contributed by atoms with Crippen molar-refractivity contribution >= 4 is 29.9 Å². The third-order valence-corrected chi connectivity index (χ3v) is 3.86. The van der Waals surface area contributed by atoms with Gasteiger partial charge in [-0.3, -0.25) is 9.98 Å². The van der Waals surface area contributed by atoms with Gasteiger partial charge in [-0.05, 0) is 43.2 Å². The van der Waals surface area contributed by atoms with Gasteiger partial charge >= 0.3 is 0 Å². The van der Waals surface area contributed by atoms with Gasteiger partial charge in [0.2, 0.25) is 0 Å². The highest BCUT2D eigenvalue weighted by Gasteiger charge is 2.05. The van der Waals surface area contributed by atoms with Crippen molar-refractivity contribution < 1.29 is 9.47 Å². The number of methoxy groups -OCH3 is 2. The van der Waals surface area contributed by atoms with E-state index in [2.05, 4.69) is 27.5 Å². The summed E-state index contributed by atoms with van der Waals surface area (Å²) < 4.78 is 10.6. The zero-order valence-electron chi connectivity index (χ0n) is 16.2. The molecule has 0 aliphatic carbocycles. The Bertz CT molecular complexity index is 696. The van der Waals surface area contributed by atoms with Crippen LogP contribution in [0.1, 0.15) is 18.2 Å². The lowest BCUT2D eigenvalue weighted by atomic mass is 10.1. The lowest BCUT2D eigenvalue weighted by Gasteiger charge is -2.12. The van der Waals surface area contributed by atoms with E-state index in [1.54, 1.807) is 14.2 Å². The molecule has 0 amide bonds. The lowest BCUT2D eigenvalue weighted by Crippen LogP contribution is -2.38. The Labute approximate surface area is 178 Å². The molecule has 0 fully saturated rings. The van der Waals surface area contributed by atoms with Crippen molar-refractivity contribution in [2.45, 2.75) is 19.8 Å². The molecule has 2 N–H and O–H groups in total. The van der Waals surface area contributed by atoms with Crippen molar-refractivity contribution in [3.05, 3.63) is 53.9 Å². The zero-order valence-corrected chi connectivity index (χ0v) is 18.5. The van der Waals surface area contributed by atoms with E-state index < -0.39 is 0 Å². The number of rotatable bonds is 9. The Morgan fingerprint density at radius 2 is 1.85 bits per heavy atom. The monoisotopic (exact) mass is 484 g/mol. The second-order valence-corrected chi connectivity index (χ2v) is 5.70. The summed E-state index contributed by atoms with van der Waals surface area (Å²) in [6.07, 6.45) is 3.50. The third-order valence-electron chi connectivity index (χ3n) is 3.86. The molecule has 1 aromatic heterocycles. The normalized spacial score (nSPS) is 10.7.